The molecule has 9 heteroatoms. The van der Waals surface area contributed by atoms with Gasteiger partial charge in [0.25, 0.3) is 0 Å². The van der Waals surface area contributed by atoms with E-state index in [0.717, 1.165) is 22.8 Å². The van der Waals surface area contributed by atoms with E-state index in [-0.39, 0.29) is 5.56 Å². The van der Waals surface area contributed by atoms with Crippen molar-refractivity contribution in [1.82, 2.24) is 4.57 Å². The van der Waals surface area contributed by atoms with Crippen LogP contribution in [0.25, 0.3) is 17.0 Å². The van der Waals surface area contributed by atoms with Crippen LogP contribution in [0.1, 0.15) is 17.0 Å². The van der Waals surface area contributed by atoms with E-state index in [2.05, 4.69) is 0 Å². The van der Waals surface area contributed by atoms with Crippen molar-refractivity contribution in [3.63, 3.8) is 0 Å². The Morgan fingerprint density at radius 1 is 1.11 bits per heavy atom. The van der Waals surface area contributed by atoms with Crippen LogP contribution in [-0.2, 0) is 0 Å². The van der Waals surface area contributed by atoms with Crippen molar-refractivity contribution in [3.05, 3.63) is 75.7 Å². The summed E-state index contributed by atoms with van der Waals surface area (Å²) < 4.78 is 54.9. The number of alkyl halides is 3. The maximum Gasteiger partial charge on any atom is 0.399 e. The molecule has 0 aliphatic heterocycles. The third-order valence-electron chi connectivity index (χ3n) is 4.11. The number of benzene rings is 2. The van der Waals surface area contributed by atoms with Crippen molar-refractivity contribution in [1.29, 1.82) is 0 Å². The molecule has 1 heterocycles. The molecule has 0 fully saturated rings. The molecule has 1 aromatic heterocycles. The van der Waals surface area contributed by atoms with Crippen LogP contribution in [-0.4, -0.2) is 16.8 Å². The van der Waals surface area contributed by atoms with E-state index >= 15 is 0 Å². The predicted octanol–water partition coefficient (Wildman–Crippen LogP) is 5.64. The van der Waals surface area contributed by atoms with Crippen molar-refractivity contribution >= 4 is 46.3 Å². The molecule has 0 spiro atoms. The van der Waals surface area contributed by atoms with Gasteiger partial charge in [0, 0.05) is 11.6 Å². The maximum atomic E-state index is 13.5. The van der Waals surface area contributed by atoms with E-state index in [1.54, 1.807) is 0 Å². The molecule has 0 aliphatic rings. The molecule has 3 aromatic rings. The molecule has 1 unspecified atom stereocenters. The van der Waals surface area contributed by atoms with E-state index in [1.807, 2.05) is 0 Å². The molecular weight excluding hydrogens is 421 g/mol. The molecule has 0 N–H and O–H groups in total. The SMILES string of the molecule is O=C([O-])n1ccc2cc(C=CC(c3cc(Cl)c(F)c(Cl)c3)C(F)(F)F)ccc21. The van der Waals surface area contributed by atoms with Gasteiger partial charge in [0.15, 0.2) is 5.82 Å². The minimum atomic E-state index is -4.66. The minimum absolute atomic E-state index is 0.302. The van der Waals surface area contributed by atoms with E-state index in [9.17, 15) is 27.5 Å². The van der Waals surface area contributed by atoms with E-state index in [1.165, 1.54) is 36.5 Å². The summed E-state index contributed by atoms with van der Waals surface area (Å²) >= 11 is 11.2. The van der Waals surface area contributed by atoms with Gasteiger partial charge in [0.2, 0.25) is 0 Å². The number of nitrogens with zero attached hydrogens (tertiary/aromatic N) is 1. The first kappa shape index (κ1) is 20.2. The summed E-state index contributed by atoms with van der Waals surface area (Å²) in [7, 11) is 0. The van der Waals surface area contributed by atoms with Crippen LogP contribution in [0.15, 0.2) is 48.7 Å². The highest BCUT2D eigenvalue weighted by Gasteiger charge is 2.39. The number of hydrogen-bond donors (Lipinski definition) is 0. The summed E-state index contributed by atoms with van der Waals surface area (Å²) in [6.07, 6.45) is -2.66. The Bertz CT molecular complexity index is 1070. The van der Waals surface area contributed by atoms with Crippen molar-refractivity contribution in [2.45, 2.75) is 12.1 Å². The second-order valence-electron chi connectivity index (χ2n) is 5.95. The topological polar surface area (TPSA) is 45.1 Å². The fourth-order valence-electron chi connectivity index (χ4n) is 2.80. The predicted molar refractivity (Wildman–Crippen MR) is 97.0 cm³/mol. The molecule has 0 bridgehead atoms. The monoisotopic (exact) mass is 430 g/mol. The van der Waals surface area contributed by atoms with E-state index < -0.39 is 34.0 Å². The van der Waals surface area contributed by atoms with Gasteiger partial charge in [0.05, 0.1) is 21.5 Å². The summed E-state index contributed by atoms with van der Waals surface area (Å²) in [5.41, 5.74) is 0.461. The Morgan fingerprint density at radius 2 is 1.75 bits per heavy atom. The number of hydrogen-bond acceptors (Lipinski definition) is 2. The van der Waals surface area contributed by atoms with Crippen LogP contribution in [0.2, 0.25) is 10.0 Å². The lowest BCUT2D eigenvalue weighted by Gasteiger charge is -2.18. The molecule has 0 aliphatic carbocycles. The Labute approximate surface area is 166 Å². The summed E-state index contributed by atoms with van der Waals surface area (Å²) in [6.45, 7) is 0. The number of carbonyl (C=O) groups excluding carboxylic acids is 1. The van der Waals surface area contributed by atoms with E-state index in [0.29, 0.717) is 16.5 Å². The quantitative estimate of drug-likeness (QED) is 0.398. The molecule has 28 heavy (non-hydrogen) atoms. The van der Waals surface area contributed by atoms with Crippen LogP contribution >= 0.6 is 23.2 Å². The highest BCUT2D eigenvalue weighted by molar-refractivity contribution is 6.35. The fraction of sp³-hybridized carbons (Fsp3) is 0.105. The standard InChI is InChI=1S/C19H11Cl2F4NO2/c20-14-8-12(9-15(21)17(14)22)13(19(23,24)25)3-1-10-2-4-16-11(7-10)5-6-26(16)18(27)28/h1-9,13H,(H,27,28)/p-1. The Morgan fingerprint density at radius 3 is 2.32 bits per heavy atom. The average Bonchev–Trinajstić information content (AvgIpc) is 3.02. The largest absolute Gasteiger partial charge is 0.529 e. The molecule has 0 amide bonds. The Kier molecular flexibility index (Phi) is 5.41. The van der Waals surface area contributed by atoms with Gasteiger partial charge >= 0.3 is 6.18 Å². The van der Waals surface area contributed by atoms with Gasteiger partial charge in [-0.25, -0.2) is 4.39 Å². The van der Waals surface area contributed by atoms with Gasteiger partial charge in [-0.15, -0.1) is 0 Å². The Hall–Kier alpha value is -2.51. The average molecular weight is 431 g/mol. The highest BCUT2D eigenvalue weighted by atomic mass is 35.5. The first-order valence-corrected chi connectivity index (χ1v) is 8.55. The van der Waals surface area contributed by atoms with Gasteiger partial charge < -0.3 is 14.5 Å². The molecule has 1 atom stereocenters. The number of rotatable bonds is 3. The lowest BCUT2D eigenvalue weighted by atomic mass is 9.97. The van der Waals surface area contributed by atoms with Crippen LogP contribution in [0.4, 0.5) is 22.4 Å². The van der Waals surface area contributed by atoms with Gasteiger partial charge in [-0.3, -0.25) is 0 Å². The van der Waals surface area contributed by atoms with Gasteiger partial charge in [-0.1, -0.05) is 41.4 Å². The smallest absolute Gasteiger partial charge is 0.399 e. The van der Waals surface area contributed by atoms with Crippen LogP contribution in [0.5, 0.6) is 0 Å². The molecule has 0 saturated heterocycles. The Balaban J connectivity index is 1.99. The minimum Gasteiger partial charge on any atom is -0.529 e. The van der Waals surface area contributed by atoms with Crippen molar-refractivity contribution < 1.29 is 27.5 Å². The van der Waals surface area contributed by atoms with Crippen molar-refractivity contribution in [3.8, 4) is 0 Å². The van der Waals surface area contributed by atoms with Crippen LogP contribution < -0.4 is 5.11 Å². The lowest BCUT2D eigenvalue weighted by molar-refractivity contribution is -0.249. The number of allylic oxidation sites excluding steroid dienone is 1. The third-order valence-corrected chi connectivity index (χ3v) is 4.66. The van der Waals surface area contributed by atoms with Crippen LogP contribution in [0, 0.1) is 5.82 Å². The number of carboxylic acid groups (broad SMARTS) is 1. The number of halogens is 6. The van der Waals surface area contributed by atoms with Gasteiger partial charge in [-0.2, -0.15) is 13.2 Å². The van der Waals surface area contributed by atoms with Crippen LogP contribution in [0.3, 0.4) is 0 Å². The molecule has 0 radical (unpaired) electrons. The van der Waals surface area contributed by atoms with Gasteiger partial charge in [-0.05, 0) is 41.5 Å². The van der Waals surface area contributed by atoms with Crippen molar-refractivity contribution in [2.24, 2.45) is 0 Å². The summed E-state index contributed by atoms with van der Waals surface area (Å²) in [6, 6.07) is 7.73. The molecule has 3 rings (SSSR count). The number of fused-ring (bicyclic) bond motifs is 1. The normalized spacial score (nSPS) is 13.4. The second kappa shape index (κ2) is 7.48. The summed E-state index contributed by atoms with van der Waals surface area (Å²) in [5, 5.41) is 10.5. The van der Waals surface area contributed by atoms with E-state index in [4.69, 9.17) is 23.2 Å². The molecular formula is C19H10Cl2F4NO2-. The zero-order valence-corrected chi connectivity index (χ0v) is 15.3. The fourth-order valence-corrected chi connectivity index (χ4v) is 3.30. The molecule has 2 aromatic carbocycles. The van der Waals surface area contributed by atoms with Crippen molar-refractivity contribution in [2.75, 3.05) is 0 Å². The number of aromatic nitrogens is 1. The van der Waals surface area contributed by atoms with Gasteiger partial charge in [0.1, 0.15) is 6.09 Å². The first-order valence-electron chi connectivity index (χ1n) is 7.79. The summed E-state index contributed by atoms with van der Waals surface area (Å²) in [4.78, 5) is 11.0. The molecule has 146 valence electrons. The first-order chi connectivity index (χ1) is 13.1. The molecule has 0 saturated carbocycles. The maximum absolute atomic E-state index is 13.5. The zero-order chi connectivity index (χ0) is 20.6. The second-order valence-corrected chi connectivity index (χ2v) is 6.76. The number of carbonyl (C=O) groups is 1. The third kappa shape index (κ3) is 4.00. The zero-order valence-electron chi connectivity index (χ0n) is 13.8. The molecule has 3 nitrogen and oxygen atoms in total. The highest BCUT2D eigenvalue weighted by Crippen LogP contribution is 2.39. The summed E-state index contributed by atoms with van der Waals surface area (Å²) in [5.74, 6) is -3.05. The lowest BCUT2D eigenvalue weighted by Crippen LogP contribution is -2.27.